The van der Waals surface area contributed by atoms with Crippen molar-refractivity contribution in [3.05, 3.63) is 53.1 Å². The van der Waals surface area contributed by atoms with Crippen molar-refractivity contribution in [2.45, 2.75) is 116 Å². The highest BCUT2D eigenvalue weighted by molar-refractivity contribution is 7.52. The number of carboxylic acids is 1. The Morgan fingerprint density at radius 2 is 1.60 bits per heavy atom. The number of nitrogens with zero attached hydrogens (tertiary/aromatic N) is 2. The van der Waals surface area contributed by atoms with Gasteiger partial charge in [-0.2, -0.15) is 4.98 Å². The summed E-state index contributed by atoms with van der Waals surface area (Å²) < 4.78 is 36.8. The van der Waals surface area contributed by atoms with Gasteiger partial charge in [0.25, 0.3) is 0 Å². The first-order chi connectivity index (χ1) is 22.8. The van der Waals surface area contributed by atoms with Crippen LogP contribution < -0.4 is 20.6 Å². The summed E-state index contributed by atoms with van der Waals surface area (Å²) in [6, 6.07) is 9.82. The highest BCUT2D eigenvalue weighted by Crippen LogP contribution is 2.44. The van der Waals surface area contributed by atoms with E-state index in [2.05, 4.69) is 22.3 Å². The number of anilines is 1. The number of carbonyl (C=O) groups excluding carboxylic acids is 1. The fourth-order valence-electron chi connectivity index (χ4n) is 5.07. The van der Waals surface area contributed by atoms with Gasteiger partial charge in [-0.3, -0.25) is 18.7 Å². The van der Waals surface area contributed by atoms with Crippen LogP contribution in [-0.4, -0.2) is 52.6 Å². The van der Waals surface area contributed by atoms with Crippen LogP contribution in [0.25, 0.3) is 0 Å². The van der Waals surface area contributed by atoms with Crippen LogP contribution in [0.5, 0.6) is 5.75 Å². The van der Waals surface area contributed by atoms with Crippen molar-refractivity contribution in [2.75, 3.05) is 25.1 Å². The van der Waals surface area contributed by atoms with Gasteiger partial charge in [-0.1, -0.05) is 102 Å². The average Bonchev–Trinajstić information content (AvgIpc) is 3.51. The molecule has 1 amide bonds. The Morgan fingerprint density at radius 3 is 2.21 bits per heavy atom. The van der Waals surface area contributed by atoms with Gasteiger partial charge in [-0.25, -0.2) is 14.4 Å². The van der Waals surface area contributed by atoms with Crippen LogP contribution >= 0.6 is 7.75 Å². The molecule has 262 valence electrons. The molecule has 0 radical (unpaired) electrons. The fraction of sp³-hybridized carbons (Fsp3) is 0.636. The lowest BCUT2D eigenvalue weighted by Gasteiger charge is -2.21. The third kappa shape index (κ3) is 15.6. The summed E-state index contributed by atoms with van der Waals surface area (Å²) in [7, 11) is -3.99. The minimum Gasteiger partial charge on any atom is -0.481 e. The maximum absolute atomic E-state index is 13.3. The molecule has 1 aliphatic heterocycles. The minimum absolute atomic E-state index is 0.00332. The van der Waals surface area contributed by atoms with Gasteiger partial charge in [-0.15, -0.1) is 0 Å². The lowest BCUT2D eigenvalue weighted by Crippen LogP contribution is -2.29. The van der Waals surface area contributed by atoms with E-state index in [1.807, 2.05) is 0 Å². The Balaban J connectivity index is 1.34. The first-order valence-electron chi connectivity index (χ1n) is 16.9. The Kier molecular flexibility index (Phi) is 17.7. The molecule has 0 saturated carbocycles. The zero-order valence-corrected chi connectivity index (χ0v) is 28.4. The minimum atomic E-state index is -3.99. The van der Waals surface area contributed by atoms with Gasteiger partial charge in [0, 0.05) is 19.2 Å². The van der Waals surface area contributed by atoms with E-state index in [-0.39, 0.29) is 43.7 Å². The molecule has 1 aliphatic rings. The second kappa shape index (κ2) is 21.7. The van der Waals surface area contributed by atoms with E-state index in [1.54, 1.807) is 30.3 Å². The highest BCUT2D eigenvalue weighted by atomic mass is 31.2. The summed E-state index contributed by atoms with van der Waals surface area (Å²) in [6.07, 6.45) is 15.7. The molecular formula is C33H51N4O9P. The van der Waals surface area contributed by atoms with E-state index >= 15 is 0 Å². The molecule has 2 aromatic rings. The Labute approximate surface area is 277 Å². The fourth-order valence-corrected chi connectivity index (χ4v) is 6.38. The summed E-state index contributed by atoms with van der Waals surface area (Å²) in [5, 5.41) is 14.1. The van der Waals surface area contributed by atoms with Crippen molar-refractivity contribution in [3.8, 4) is 5.75 Å². The number of aromatic nitrogens is 2. The highest BCUT2D eigenvalue weighted by Gasteiger charge is 2.33. The molecule has 3 N–H and O–H groups in total. The first kappa shape index (κ1) is 38.4. The van der Waals surface area contributed by atoms with Gasteiger partial charge in [-0.05, 0) is 24.6 Å². The lowest BCUT2D eigenvalue weighted by molar-refractivity contribution is -0.136. The number of benzene rings is 1. The molecule has 0 spiro atoms. The van der Waals surface area contributed by atoms with Gasteiger partial charge in [0.05, 0.1) is 13.0 Å². The first-order valence-corrected chi connectivity index (χ1v) is 18.4. The molecule has 3 rings (SSSR count). The molecule has 1 aromatic carbocycles. The van der Waals surface area contributed by atoms with E-state index in [0.29, 0.717) is 6.42 Å². The van der Waals surface area contributed by atoms with Crippen LogP contribution in [0, 0.1) is 0 Å². The molecule has 14 heteroatoms. The molecule has 1 saturated heterocycles. The van der Waals surface area contributed by atoms with Gasteiger partial charge < -0.3 is 24.4 Å². The number of aliphatic carboxylic acids is 1. The lowest BCUT2D eigenvalue weighted by atomic mass is 10.0. The molecule has 1 fully saturated rings. The number of ether oxygens (including phenoxy) is 2. The number of amides is 1. The van der Waals surface area contributed by atoms with Crippen LogP contribution in [0.4, 0.5) is 5.82 Å². The van der Waals surface area contributed by atoms with Crippen molar-refractivity contribution in [2.24, 2.45) is 0 Å². The van der Waals surface area contributed by atoms with Gasteiger partial charge >= 0.3 is 19.4 Å². The van der Waals surface area contributed by atoms with E-state index in [0.717, 1.165) is 19.3 Å². The van der Waals surface area contributed by atoms with E-state index in [4.69, 9.17) is 23.6 Å². The monoisotopic (exact) mass is 678 g/mol. The quantitative estimate of drug-likeness (QED) is 0.0746. The number of hydrogen-bond acceptors (Lipinski definition) is 9. The predicted octanol–water partition coefficient (Wildman–Crippen LogP) is 6.80. The van der Waals surface area contributed by atoms with Crippen molar-refractivity contribution >= 4 is 25.4 Å². The summed E-state index contributed by atoms with van der Waals surface area (Å²) in [6.45, 7) is 1.76. The van der Waals surface area contributed by atoms with E-state index in [1.165, 1.54) is 81.0 Å². The number of hydrogen-bond donors (Lipinski definition) is 3. The van der Waals surface area contributed by atoms with Crippen LogP contribution in [0.1, 0.15) is 109 Å². The van der Waals surface area contributed by atoms with Crippen LogP contribution in [-0.2, 0) is 28.2 Å². The van der Waals surface area contributed by atoms with Crippen molar-refractivity contribution in [1.82, 2.24) is 14.6 Å². The molecule has 0 aliphatic carbocycles. The zero-order valence-electron chi connectivity index (χ0n) is 27.5. The van der Waals surface area contributed by atoms with E-state index in [9.17, 15) is 18.9 Å². The Bertz CT molecular complexity index is 1310. The normalized spacial score (nSPS) is 17.3. The van der Waals surface area contributed by atoms with Gasteiger partial charge in [0.15, 0.2) is 12.5 Å². The molecule has 0 bridgehead atoms. The van der Waals surface area contributed by atoms with Crippen molar-refractivity contribution < 1.29 is 37.8 Å². The summed E-state index contributed by atoms with van der Waals surface area (Å²) in [5.41, 5.74) is -0.632. The average molecular weight is 679 g/mol. The third-order valence-corrected chi connectivity index (χ3v) is 9.19. The predicted molar refractivity (Wildman–Crippen MR) is 178 cm³/mol. The summed E-state index contributed by atoms with van der Waals surface area (Å²) in [4.78, 5) is 40.0. The SMILES string of the molecule is CCCCCCCCCCCCCCCC(=O)Nc1ccn([C@@H]2CO[C@H](COP(=O)(NCCC(=O)O)Oc3ccccc3)O2)c(=O)n1. The van der Waals surface area contributed by atoms with Crippen molar-refractivity contribution in [3.63, 3.8) is 0 Å². The third-order valence-electron chi connectivity index (χ3n) is 7.64. The van der Waals surface area contributed by atoms with Crippen molar-refractivity contribution in [1.29, 1.82) is 0 Å². The number of rotatable bonds is 25. The number of para-hydroxylation sites is 1. The number of carboxylic acid groups (broad SMARTS) is 1. The molecule has 3 atom stereocenters. The standard InChI is InChI=1S/C33H51N4O9P/c1-2-3-4-5-6-7-8-9-10-11-12-13-17-20-29(38)35-28-22-24-37(33(41)36-28)30-25-43-32(45-30)26-44-47(42,34-23-21-31(39)40)46-27-18-15-14-16-19-27/h14-16,18-19,22,24,30,32H,2-13,17,20-21,23,25-26H2,1H3,(H,34,42)(H,39,40)(H,35,36,38,41)/t30-,32-,47?/m0/s1. The van der Waals surface area contributed by atoms with Crippen LogP contribution in [0.15, 0.2) is 47.4 Å². The molecular weight excluding hydrogens is 627 g/mol. The second-order valence-corrected chi connectivity index (χ2v) is 13.4. The molecule has 1 aromatic heterocycles. The van der Waals surface area contributed by atoms with Crippen LogP contribution in [0.3, 0.4) is 0 Å². The summed E-state index contributed by atoms with van der Waals surface area (Å²) >= 11 is 0. The molecule has 2 heterocycles. The van der Waals surface area contributed by atoms with Gasteiger partial charge in [0.1, 0.15) is 18.2 Å². The Hall–Kier alpha value is -3.09. The molecule has 1 unspecified atom stereocenters. The Morgan fingerprint density at radius 1 is 0.957 bits per heavy atom. The second-order valence-electron chi connectivity index (χ2n) is 11.6. The zero-order chi connectivity index (χ0) is 33.7. The number of carbonyl (C=O) groups is 2. The topological polar surface area (TPSA) is 167 Å². The summed E-state index contributed by atoms with van der Waals surface area (Å²) in [5.74, 6) is -0.835. The van der Waals surface area contributed by atoms with Gasteiger partial charge in [0.2, 0.25) is 5.91 Å². The largest absolute Gasteiger partial charge is 0.481 e. The maximum Gasteiger partial charge on any atom is 0.458 e. The smallest absolute Gasteiger partial charge is 0.458 e. The number of nitrogens with one attached hydrogen (secondary N) is 2. The van der Waals surface area contributed by atoms with Crippen LogP contribution in [0.2, 0.25) is 0 Å². The molecule has 47 heavy (non-hydrogen) atoms. The van der Waals surface area contributed by atoms with E-state index < -0.39 is 31.9 Å². The molecule has 13 nitrogen and oxygen atoms in total. The number of unbranched alkanes of at least 4 members (excludes halogenated alkanes) is 12. The maximum atomic E-state index is 13.3.